The van der Waals surface area contributed by atoms with E-state index in [0.717, 1.165) is 17.7 Å². The van der Waals surface area contributed by atoms with Gasteiger partial charge >= 0.3 is 5.97 Å². The molecule has 1 unspecified atom stereocenters. The highest BCUT2D eigenvalue weighted by molar-refractivity contribution is 7.99. The maximum Gasteiger partial charge on any atom is 0.338 e. The number of pyridine rings is 1. The van der Waals surface area contributed by atoms with Crippen LogP contribution in [0.25, 0.3) is 0 Å². The van der Waals surface area contributed by atoms with Gasteiger partial charge in [0.1, 0.15) is 5.03 Å². The lowest BCUT2D eigenvalue weighted by molar-refractivity contribution is 0.0691. The zero-order valence-electron chi connectivity index (χ0n) is 11.2. The zero-order chi connectivity index (χ0) is 13.7. The molecule has 5 heteroatoms. The van der Waals surface area contributed by atoms with Crippen LogP contribution in [-0.2, 0) is 4.74 Å². The monoisotopic (exact) mass is 269 g/mol. The molecule has 0 radical (unpaired) electrons. The van der Waals surface area contributed by atoms with E-state index < -0.39 is 5.97 Å². The second-order valence-electron chi connectivity index (χ2n) is 4.28. The number of carboxylic acid groups (broad SMARTS) is 1. The highest BCUT2D eigenvalue weighted by Crippen LogP contribution is 2.29. The Morgan fingerprint density at radius 1 is 1.56 bits per heavy atom. The number of hydrogen-bond acceptors (Lipinski definition) is 4. The zero-order valence-corrected chi connectivity index (χ0v) is 12.0. The molecule has 0 spiro atoms. The van der Waals surface area contributed by atoms with Crippen LogP contribution in [0.5, 0.6) is 0 Å². The van der Waals surface area contributed by atoms with E-state index in [1.165, 1.54) is 11.8 Å². The Bertz CT molecular complexity index is 434. The lowest BCUT2D eigenvalue weighted by Crippen LogP contribution is -2.08. The van der Waals surface area contributed by atoms with Gasteiger partial charge in [-0.25, -0.2) is 9.78 Å². The van der Waals surface area contributed by atoms with Crippen LogP contribution in [0.1, 0.15) is 35.0 Å². The highest BCUT2D eigenvalue weighted by atomic mass is 32.2. The van der Waals surface area contributed by atoms with Crippen LogP contribution in [0.2, 0.25) is 0 Å². The van der Waals surface area contributed by atoms with Gasteiger partial charge in [-0.2, -0.15) is 0 Å². The van der Waals surface area contributed by atoms with Gasteiger partial charge in [-0.05, 0) is 31.9 Å². The van der Waals surface area contributed by atoms with Gasteiger partial charge in [-0.15, -0.1) is 11.8 Å². The van der Waals surface area contributed by atoms with Crippen LogP contribution >= 0.6 is 11.8 Å². The number of aryl methyl sites for hydroxylation is 2. The number of hydrogen-bond donors (Lipinski definition) is 1. The third kappa shape index (κ3) is 3.99. The van der Waals surface area contributed by atoms with Gasteiger partial charge in [0.25, 0.3) is 0 Å². The van der Waals surface area contributed by atoms with Gasteiger partial charge in [0.2, 0.25) is 0 Å². The molecule has 0 saturated carbocycles. The van der Waals surface area contributed by atoms with Crippen molar-refractivity contribution >= 4 is 17.7 Å². The highest BCUT2D eigenvalue weighted by Gasteiger charge is 2.18. The number of methoxy groups -OCH3 is 1. The molecule has 0 aliphatic rings. The van der Waals surface area contributed by atoms with E-state index in [-0.39, 0.29) is 5.25 Å². The summed E-state index contributed by atoms with van der Waals surface area (Å²) in [5.74, 6) is -0.915. The molecule has 0 bridgehead atoms. The second kappa shape index (κ2) is 6.75. The van der Waals surface area contributed by atoms with Crippen molar-refractivity contribution in [3.8, 4) is 0 Å². The molecule has 1 rings (SSSR count). The van der Waals surface area contributed by atoms with Crippen LogP contribution in [0.4, 0.5) is 0 Å². The molecule has 0 amide bonds. The van der Waals surface area contributed by atoms with E-state index in [9.17, 15) is 9.90 Å². The molecule has 1 aromatic heterocycles. The van der Waals surface area contributed by atoms with Gasteiger partial charge in [0.15, 0.2) is 0 Å². The van der Waals surface area contributed by atoms with Crippen molar-refractivity contribution in [3.05, 3.63) is 22.9 Å². The summed E-state index contributed by atoms with van der Waals surface area (Å²) in [7, 11) is 1.66. The fourth-order valence-corrected chi connectivity index (χ4v) is 2.84. The van der Waals surface area contributed by atoms with Crippen molar-refractivity contribution in [1.29, 1.82) is 0 Å². The number of thioether (sulfide) groups is 1. The molecule has 1 aromatic rings. The van der Waals surface area contributed by atoms with Crippen LogP contribution in [0.15, 0.2) is 11.1 Å². The van der Waals surface area contributed by atoms with E-state index >= 15 is 0 Å². The quantitative estimate of drug-likeness (QED) is 0.805. The third-order valence-corrected chi connectivity index (χ3v) is 3.72. The van der Waals surface area contributed by atoms with Crippen molar-refractivity contribution in [2.75, 3.05) is 13.7 Å². The predicted molar refractivity (Wildman–Crippen MR) is 72.5 cm³/mol. The van der Waals surface area contributed by atoms with Gasteiger partial charge in [-0.3, -0.25) is 0 Å². The maximum absolute atomic E-state index is 11.3. The van der Waals surface area contributed by atoms with E-state index in [0.29, 0.717) is 17.2 Å². The van der Waals surface area contributed by atoms with Gasteiger partial charge < -0.3 is 9.84 Å². The Hall–Kier alpha value is -1.07. The van der Waals surface area contributed by atoms with Gasteiger partial charge in [-0.1, -0.05) is 6.92 Å². The molecular weight excluding hydrogens is 250 g/mol. The first-order valence-corrected chi connectivity index (χ1v) is 6.70. The van der Waals surface area contributed by atoms with Crippen molar-refractivity contribution in [1.82, 2.24) is 4.98 Å². The number of ether oxygens (including phenoxy) is 1. The van der Waals surface area contributed by atoms with E-state index in [2.05, 4.69) is 11.9 Å². The first-order valence-electron chi connectivity index (χ1n) is 5.82. The molecule has 4 nitrogen and oxygen atoms in total. The second-order valence-corrected chi connectivity index (χ2v) is 5.70. The Morgan fingerprint density at radius 2 is 2.22 bits per heavy atom. The number of nitrogens with zero attached hydrogens (tertiary/aromatic N) is 1. The minimum absolute atomic E-state index is 0.275. The first-order chi connectivity index (χ1) is 8.45. The van der Waals surface area contributed by atoms with Crippen molar-refractivity contribution in [3.63, 3.8) is 0 Å². The molecule has 0 fully saturated rings. The average Bonchev–Trinajstić information content (AvgIpc) is 2.24. The van der Waals surface area contributed by atoms with Crippen LogP contribution < -0.4 is 0 Å². The molecule has 100 valence electrons. The van der Waals surface area contributed by atoms with Crippen LogP contribution in [0, 0.1) is 13.8 Å². The topological polar surface area (TPSA) is 59.4 Å². The summed E-state index contributed by atoms with van der Waals surface area (Å²) in [5.41, 5.74) is 1.92. The molecule has 18 heavy (non-hydrogen) atoms. The number of aromatic carboxylic acids is 1. The van der Waals surface area contributed by atoms with E-state index in [1.807, 2.05) is 13.8 Å². The summed E-state index contributed by atoms with van der Waals surface area (Å²) in [6, 6.07) is 1.80. The standard InChI is InChI=1S/C13H19NO3S/c1-8-7-9(2)14-12(11(8)13(15)16)18-10(3)5-6-17-4/h7,10H,5-6H2,1-4H3,(H,15,16). The maximum atomic E-state index is 11.3. The SMILES string of the molecule is COCCC(C)Sc1nc(C)cc(C)c1C(=O)O. The summed E-state index contributed by atoms with van der Waals surface area (Å²) in [6.45, 7) is 6.40. The minimum Gasteiger partial charge on any atom is -0.478 e. The summed E-state index contributed by atoms with van der Waals surface area (Å²) in [6.07, 6.45) is 0.870. The summed E-state index contributed by atoms with van der Waals surface area (Å²) in [5, 5.41) is 10.1. The largest absolute Gasteiger partial charge is 0.478 e. The molecule has 0 saturated heterocycles. The molecule has 0 aliphatic heterocycles. The fraction of sp³-hybridized carbons (Fsp3) is 0.538. The Kier molecular flexibility index (Phi) is 5.62. The van der Waals surface area contributed by atoms with Crippen molar-refractivity contribution in [2.24, 2.45) is 0 Å². The Morgan fingerprint density at radius 3 is 2.78 bits per heavy atom. The third-order valence-electron chi connectivity index (χ3n) is 2.57. The summed E-state index contributed by atoms with van der Waals surface area (Å²) in [4.78, 5) is 15.6. The predicted octanol–water partition coefficient (Wildman–Crippen LogP) is 2.91. The lowest BCUT2D eigenvalue weighted by Gasteiger charge is -2.13. The Labute approximate surface area is 112 Å². The van der Waals surface area contributed by atoms with Crippen molar-refractivity contribution < 1.29 is 14.6 Å². The molecule has 0 aliphatic carbocycles. The molecule has 1 heterocycles. The summed E-state index contributed by atoms with van der Waals surface area (Å²) < 4.78 is 5.03. The summed E-state index contributed by atoms with van der Waals surface area (Å²) >= 11 is 1.49. The average molecular weight is 269 g/mol. The van der Waals surface area contributed by atoms with Crippen molar-refractivity contribution in [2.45, 2.75) is 37.5 Å². The van der Waals surface area contributed by atoms with Crippen LogP contribution in [0.3, 0.4) is 0 Å². The number of rotatable bonds is 6. The lowest BCUT2D eigenvalue weighted by atomic mass is 10.1. The number of carbonyl (C=O) groups is 1. The van der Waals surface area contributed by atoms with Gasteiger partial charge in [0.05, 0.1) is 5.56 Å². The number of aromatic nitrogens is 1. The smallest absolute Gasteiger partial charge is 0.338 e. The first kappa shape index (κ1) is 15.0. The van der Waals surface area contributed by atoms with E-state index in [1.54, 1.807) is 13.2 Å². The van der Waals surface area contributed by atoms with Crippen LogP contribution in [-0.4, -0.2) is 35.0 Å². The normalized spacial score (nSPS) is 12.4. The van der Waals surface area contributed by atoms with Gasteiger partial charge in [0, 0.05) is 24.7 Å². The number of carboxylic acids is 1. The molecule has 1 atom stereocenters. The minimum atomic E-state index is -0.915. The van der Waals surface area contributed by atoms with E-state index in [4.69, 9.17) is 4.74 Å². The molecular formula is C13H19NO3S. The molecule has 0 aromatic carbocycles. The fourth-order valence-electron chi connectivity index (χ4n) is 1.68. The Balaban J connectivity index is 2.96. The molecule has 1 N–H and O–H groups in total.